The van der Waals surface area contributed by atoms with Gasteiger partial charge in [0.2, 0.25) is 0 Å². The summed E-state index contributed by atoms with van der Waals surface area (Å²) >= 11 is 0. The molecule has 0 saturated carbocycles. The van der Waals surface area contributed by atoms with Gasteiger partial charge in [0.1, 0.15) is 18.2 Å². The monoisotopic (exact) mass is 283 g/mol. The lowest BCUT2D eigenvalue weighted by molar-refractivity contribution is 0.305. The Hall–Kier alpha value is -2.29. The summed E-state index contributed by atoms with van der Waals surface area (Å²) in [7, 11) is 0. The maximum Gasteiger partial charge on any atom is 0.126 e. The minimum Gasteiger partial charge on any atom is -0.489 e. The number of aryl methyl sites for hydroxylation is 2. The molecule has 1 aromatic heterocycles. The van der Waals surface area contributed by atoms with Crippen LogP contribution in [0.25, 0.3) is 10.9 Å². The van der Waals surface area contributed by atoms with Gasteiger partial charge in [0.15, 0.2) is 0 Å². The highest BCUT2D eigenvalue weighted by molar-refractivity contribution is 5.84. The summed E-state index contributed by atoms with van der Waals surface area (Å²) in [6.07, 6.45) is 2.11. The lowest BCUT2D eigenvalue weighted by Crippen LogP contribution is -1.95. The van der Waals surface area contributed by atoms with Gasteiger partial charge in [-0.3, -0.25) is 0 Å². The molecule has 0 spiro atoms. The summed E-state index contributed by atoms with van der Waals surface area (Å²) in [6, 6.07) is 12.7. The first-order chi connectivity index (χ1) is 10.2. The summed E-state index contributed by atoms with van der Waals surface area (Å²) in [5.41, 5.74) is 3.56. The van der Waals surface area contributed by atoms with Crippen LogP contribution in [0.2, 0.25) is 0 Å². The fraction of sp³-hybridized carbons (Fsp3) is 0.222. The lowest BCUT2D eigenvalue weighted by Gasteiger charge is -2.05. The summed E-state index contributed by atoms with van der Waals surface area (Å²) in [4.78, 5) is 0. The van der Waals surface area contributed by atoms with Gasteiger partial charge in [0.25, 0.3) is 0 Å². The zero-order chi connectivity index (χ0) is 14.8. The average molecular weight is 283 g/mol. The molecule has 0 amide bonds. The molecule has 3 heteroatoms. The second kappa shape index (κ2) is 5.60. The molecule has 0 bridgehead atoms. The fourth-order valence-corrected chi connectivity index (χ4v) is 2.58. The van der Waals surface area contributed by atoms with Crippen molar-refractivity contribution in [2.75, 3.05) is 0 Å². The second-order valence-electron chi connectivity index (χ2n) is 5.21. The van der Waals surface area contributed by atoms with Gasteiger partial charge in [0, 0.05) is 35.3 Å². The van der Waals surface area contributed by atoms with Crippen LogP contribution in [-0.4, -0.2) is 4.57 Å². The van der Waals surface area contributed by atoms with E-state index in [0.717, 1.165) is 12.1 Å². The summed E-state index contributed by atoms with van der Waals surface area (Å²) in [5, 5.41) is 1.20. The molecule has 1 heterocycles. The molecule has 21 heavy (non-hydrogen) atoms. The Morgan fingerprint density at radius 1 is 1.14 bits per heavy atom. The lowest BCUT2D eigenvalue weighted by atomic mass is 10.1. The highest BCUT2D eigenvalue weighted by Gasteiger charge is 2.08. The molecule has 0 radical (unpaired) electrons. The van der Waals surface area contributed by atoms with Crippen molar-refractivity contribution in [3.8, 4) is 5.75 Å². The van der Waals surface area contributed by atoms with Gasteiger partial charge in [-0.25, -0.2) is 4.39 Å². The van der Waals surface area contributed by atoms with E-state index >= 15 is 0 Å². The normalized spacial score (nSPS) is 11.0. The van der Waals surface area contributed by atoms with Gasteiger partial charge in [-0.1, -0.05) is 17.7 Å². The third-order valence-corrected chi connectivity index (χ3v) is 3.65. The molecule has 3 rings (SSSR count). The number of fused-ring (bicyclic) bond motifs is 1. The van der Waals surface area contributed by atoms with Gasteiger partial charge in [0.05, 0.1) is 0 Å². The second-order valence-corrected chi connectivity index (χ2v) is 5.21. The molecule has 108 valence electrons. The molecule has 0 atom stereocenters. The van der Waals surface area contributed by atoms with Crippen molar-refractivity contribution in [3.63, 3.8) is 0 Å². The number of benzene rings is 2. The molecule has 2 aromatic carbocycles. The smallest absolute Gasteiger partial charge is 0.126 e. The molecule has 0 unspecified atom stereocenters. The number of rotatable bonds is 4. The van der Waals surface area contributed by atoms with Crippen molar-refractivity contribution >= 4 is 10.9 Å². The van der Waals surface area contributed by atoms with Gasteiger partial charge < -0.3 is 9.30 Å². The quantitative estimate of drug-likeness (QED) is 0.677. The third kappa shape index (κ3) is 2.77. The van der Waals surface area contributed by atoms with E-state index in [4.69, 9.17) is 4.74 Å². The zero-order valence-electron chi connectivity index (χ0n) is 12.3. The number of nitrogens with zero attached hydrogens (tertiary/aromatic N) is 1. The van der Waals surface area contributed by atoms with E-state index in [9.17, 15) is 4.39 Å². The fourth-order valence-electron chi connectivity index (χ4n) is 2.58. The van der Waals surface area contributed by atoms with Crippen LogP contribution in [-0.2, 0) is 13.2 Å². The molecule has 0 aliphatic rings. The van der Waals surface area contributed by atoms with E-state index in [1.165, 1.54) is 28.6 Å². The summed E-state index contributed by atoms with van der Waals surface area (Å²) in [5.74, 6) is 0.277. The third-order valence-electron chi connectivity index (χ3n) is 3.65. The largest absolute Gasteiger partial charge is 0.489 e. The molecule has 0 aliphatic heterocycles. The number of halogens is 1. The van der Waals surface area contributed by atoms with Crippen LogP contribution in [0.4, 0.5) is 4.39 Å². The zero-order valence-corrected chi connectivity index (χ0v) is 12.3. The molecular weight excluding hydrogens is 265 g/mol. The van der Waals surface area contributed by atoms with Crippen molar-refractivity contribution in [1.29, 1.82) is 0 Å². The van der Waals surface area contributed by atoms with Crippen molar-refractivity contribution in [2.24, 2.45) is 0 Å². The van der Waals surface area contributed by atoms with Crippen LogP contribution in [0, 0.1) is 12.7 Å². The molecule has 0 fully saturated rings. The molecule has 2 nitrogen and oxygen atoms in total. The van der Waals surface area contributed by atoms with Crippen LogP contribution in [0.5, 0.6) is 5.75 Å². The van der Waals surface area contributed by atoms with E-state index in [0.29, 0.717) is 12.4 Å². The first kappa shape index (κ1) is 13.7. The van der Waals surface area contributed by atoms with E-state index in [1.54, 1.807) is 12.1 Å². The highest BCUT2D eigenvalue weighted by Crippen LogP contribution is 2.24. The predicted molar refractivity (Wildman–Crippen MR) is 83.1 cm³/mol. The SMILES string of the molecule is CCn1cc(COc2cccc(F)c2)c2cc(C)ccc21. The van der Waals surface area contributed by atoms with Crippen molar-refractivity contribution in [2.45, 2.75) is 27.0 Å². The van der Waals surface area contributed by atoms with E-state index in [-0.39, 0.29) is 5.82 Å². The van der Waals surface area contributed by atoms with Gasteiger partial charge in [-0.05, 0) is 38.1 Å². The standard InChI is InChI=1S/C18H18FNO/c1-3-20-11-14(17-9-13(2)7-8-18(17)20)12-21-16-6-4-5-15(19)10-16/h4-11H,3,12H2,1-2H3. The van der Waals surface area contributed by atoms with E-state index < -0.39 is 0 Å². The van der Waals surface area contributed by atoms with Crippen molar-refractivity contribution in [3.05, 3.63) is 65.6 Å². The Labute approximate surface area is 123 Å². The van der Waals surface area contributed by atoms with E-state index in [2.05, 4.69) is 42.8 Å². The van der Waals surface area contributed by atoms with Crippen LogP contribution >= 0.6 is 0 Å². The molecule has 0 N–H and O–H groups in total. The van der Waals surface area contributed by atoms with E-state index in [1.807, 2.05) is 0 Å². The van der Waals surface area contributed by atoms with Gasteiger partial charge in [-0.2, -0.15) is 0 Å². The van der Waals surface area contributed by atoms with Crippen molar-refractivity contribution < 1.29 is 9.13 Å². The number of aromatic nitrogens is 1. The topological polar surface area (TPSA) is 14.2 Å². The molecular formula is C18H18FNO. The van der Waals surface area contributed by atoms with Crippen LogP contribution in [0.3, 0.4) is 0 Å². The molecule has 0 aliphatic carbocycles. The number of ether oxygens (including phenoxy) is 1. The number of hydrogen-bond donors (Lipinski definition) is 0. The maximum atomic E-state index is 13.2. The Balaban J connectivity index is 1.91. The first-order valence-corrected chi connectivity index (χ1v) is 7.14. The van der Waals surface area contributed by atoms with Crippen LogP contribution in [0.15, 0.2) is 48.7 Å². The Bertz CT molecular complexity index is 776. The maximum absolute atomic E-state index is 13.2. The van der Waals surface area contributed by atoms with Crippen LogP contribution < -0.4 is 4.74 Å². The Morgan fingerprint density at radius 3 is 2.76 bits per heavy atom. The molecule has 3 aromatic rings. The molecule has 0 saturated heterocycles. The Morgan fingerprint density at radius 2 is 2.00 bits per heavy atom. The Kier molecular flexibility index (Phi) is 3.65. The summed E-state index contributed by atoms with van der Waals surface area (Å²) < 4.78 is 21.1. The minimum absolute atomic E-state index is 0.278. The van der Waals surface area contributed by atoms with Crippen molar-refractivity contribution in [1.82, 2.24) is 4.57 Å². The highest BCUT2D eigenvalue weighted by atomic mass is 19.1. The summed E-state index contributed by atoms with van der Waals surface area (Å²) in [6.45, 7) is 5.56. The minimum atomic E-state index is -0.278. The predicted octanol–water partition coefficient (Wildman–Crippen LogP) is 4.69. The first-order valence-electron chi connectivity index (χ1n) is 7.14. The van der Waals surface area contributed by atoms with Gasteiger partial charge in [-0.15, -0.1) is 0 Å². The van der Waals surface area contributed by atoms with Crippen LogP contribution in [0.1, 0.15) is 18.1 Å². The van der Waals surface area contributed by atoms with Gasteiger partial charge >= 0.3 is 0 Å². The average Bonchev–Trinajstić information content (AvgIpc) is 2.82. The number of hydrogen-bond acceptors (Lipinski definition) is 1.